The number of hydrogen-bond donors (Lipinski definition) is 1. The molecule has 132 valence electrons. The van der Waals surface area contributed by atoms with E-state index in [0.717, 1.165) is 24.1 Å². The van der Waals surface area contributed by atoms with E-state index in [9.17, 15) is 18.0 Å². The molecule has 1 aliphatic rings. The molecule has 24 heavy (non-hydrogen) atoms. The van der Waals surface area contributed by atoms with Crippen LogP contribution in [0.1, 0.15) is 12.0 Å². The largest absolute Gasteiger partial charge is 0.417 e. The van der Waals surface area contributed by atoms with E-state index in [0.29, 0.717) is 19.8 Å². The molecular formula is C16H18ClF3N2O2. The summed E-state index contributed by atoms with van der Waals surface area (Å²) >= 11 is 5.55. The standard InChI is InChI=1S/C16H18ClF3N2O2/c1-22(8-11-3-2-6-24-10-11)9-15(23)21-12-4-5-14(17)13(7-12)16(18,19)20/h3-5,7H,2,6,8-10H2,1H3,(H,21,23). The van der Waals surface area contributed by atoms with Gasteiger partial charge >= 0.3 is 6.18 Å². The molecular weight excluding hydrogens is 345 g/mol. The van der Waals surface area contributed by atoms with Crippen LogP contribution in [0, 0.1) is 0 Å². The van der Waals surface area contributed by atoms with E-state index in [2.05, 4.69) is 11.4 Å². The molecule has 0 aromatic heterocycles. The molecule has 8 heteroatoms. The van der Waals surface area contributed by atoms with Crippen molar-refractivity contribution in [2.24, 2.45) is 0 Å². The molecule has 0 spiro atoms. The molecule has 4 nitrogen and oxygen atoms in total. The third-order valence-electron chi connectivity index (χ3n) is 3.42. The Morgan fingerprint density at radius 3 is 2.79 bits per heavy atom. The van der Waals surface area contributed by atoms with Crippen molar-refractivity contribution in [3.8, 4) is 0 Å². The lowest BCUT2D eigenvalue weighted by molar-refractivity contribution is -0.137. The van der Waals surface area contributed by atoms with E-state index in [1.165, 1.54) is 6.07 Å². The fraction of sp³-hybridized carbons (Fsp3) is 0.438. The minimum absolute atomic E-state index is 0.0569. The van der Waals surface area contributed by atoms with Crippen molar-refractivity contribution in [3.05, 3.63) is 40.4 Å². The van der Waals surface area contributed by atoms with E-state index in [1.54, 1.807) is 11.9 Å². The third kappa shape index (κ3) is 5.51. The number of carbonyl (C=O) groups excluding carboxylic acids is 1. The normalized spacial score (nSPS) is 15.3. The maximum Gasteiger partial charge on any atom is 0.417 e. The molecule has 1 aromatic carbocycles. The number of likely N-dealkylation sites (N-methyl/N-ethyl adjacent to an activating group) is 1. The summed E-state index contributed by atoms with van der Waals surface area (Å²) in [7, 11) is 1.76. The lowest BCUT2D eigenvalue weighted by Gasteiger charge is -2.21. The molecule has 1 N–H and O–H groups in total. The van der Waals surface area contributed by atoms with Crippen LogP contribution in [0.5, 0.6) is 0 Å². The van der Waals surface area contributed by atoms with Crippen molar-refractivity contribution in [1.29, 1.82) is 0 Å². The van der Waals surface area contributed by atoms with Gasteiger partial charge in [-0.25, -0.2) is 0 Å². The van der Waals surface area contributed by atoms with Crippen LogP contribution in [0.25, 0.3) is 0 Å². The SMILES string of the molecule is CN(CC(=O)Nc1ccc(Cl)c(C(F)(F)F)c1)CC1=CCCOC1. The van der Waals surface area contributed by atoms with Gasteiger partial charge < -0.3 is 10.1 Å². The van der Waals surface area contributed by atoms with Crippen LogP contribution in [0.4, 0.5) is 18.9 Å². The smallest absolute Gasteiger partial charge is 0.377 e. The number of benzene rings is 1. The minimum atomic E-state index is -4.57. The Morgan fingerprint density at radius 2 is 2.17 bits per heavy atom. The predicted octanol–water partition coefficient (Wildman–Crippen LogP) is 3.58. The van der Waals surface area contributed by atoms with Crippen molar-refractivity contribution in [3.63, 3.8) is 0 Å². The molecule has 1 heterocycles. The third-order valence-corrected chi connectivity index (χ3v) is 3.75. The van der Waals surface area contributed by atoms with Gasteiger partial charge in [-0.1, -0.05) is 17.7 Å². The molecule has 2 rings (SSSR count). The lowest BCUT2D eigenvalue weighted by atomic mass is 10.2. The second-order valence-corrected chi connectivity index (χ2v) is 6.02. The Balaban J connectivity index is 1.93. The van der Waals surface area contributed by atoms with E-state index >= 15 is 0 Å². The van der Waals surface area contributed by atoms with Crippen LogP contribution >= 0.6 is 11.6 Å². The summed E-state index contributed by atoms with van der Waals surface area (Å²) in [4.78, 5) is 13.8. The van der Waals surface area contributed by atoms with E-state index < -0.39 is 22.7 Å². The number of hydrogen-bond acceptors (Lipinski definition) is 3. The zero-order valence-electron chi connectivity index (χ0n) is 13.1. The molecule has 0 fully saturated rings. The van der Waals surface area contributed by atoms with Gasteiger partial charge in [-0.05, 0) is 37.2 Å². The number of ether oxygens (including phenoxy) is 1. The first-order chi connectivity index (χ1) is 11.3. The van der Waals surface area contributed by atoms with Crippen LogP contribution in [0.3, 0.4) is 0 Å². The maximum atomic E-state index is 12.8. The summed E-state index contributed by atoms with van der Waals surface area (Å²) in [5.41, 5.74) is 0.174. The molecule has 0 unspecified atom stereocenters. The lowest BCUT2D eigenvalue weighted by Crippen LogP contribution is -2.32. The molecule has 0 radical (unpaired) electrons. The van der Waals surface area contributed by atoms with Crippen molar-refractivity contribution in [2.45, 2.75) is 12.6 Å². The topological polar surface area (TPSA) is 41.6 Å². The van der Waals surface area contributed by atoms with Crippen LogP contribution in [-0.4, -0.2) is 44.2 Å². The number of anilines is 1. The summed E-state index contributed by atoms with van der Waals surface area (Å²) in [5.74, 6) is -0.398. The number of amides is 1. The van der Waals surface area contributed by atoms with Gasteiger partial charge in [0, 0.05) is 12.2 Å². The Kier molecular flexibility index (Phi) is 6.26. The number of rotatable bonds is 5. The number of nitrogens with zero attached hydrogens (tertiary/aromatic N) is 1. The molecule has 1 aromatic rings. The van der Waals surface area contributed by atoms with Crippen LogP contribution < -0.4 is 5.32 Å². The summed E-state index contributed by atoms with van der Waals surface area (Å²) < 4.78 is 43.8. The molecule has 0 saturated heterocycles. The number of alkyl halides is 3. The first-order valence-electron chi connectivity index (χ1n) is 7.36. The molecule has 1 aliphatic heterocycles. The van der Waals surface area contributed by atoms with Crippen molar-refractivity contribution in [2.75, 3.05) is 38.7 Å². The van der Waals surface area contributed by atoms with Gasteiger partial charge in [-0.3, -0.25) is 9.69 Å². The first kappa shape index (κ1) is 18.8. The quantitative estimate of drug-likeness (QED) is 0.814. The second-order valence-electron chi connectivity index (χ2n) is 5.62. The van der Waals surface area contributed by atoms with Gasteiger partial charge in [0.2, 0.25) is 5.91 Å². The van der Waals surface area contributed by atoms with Gasteiger partial charge in [-0.2, -0.15) is 13.2 Å². The van der Waals surface area contributed by atoms with Gasteiger partial charge in [0.15, 0.2) is 0 Å². The minimum Gasteiger partial charge on any atom is -0.377 e. The average molecular weight is 363 g/mol. The highest BCUT2D eigenvalue weighted by atomic mass is 35.5. The van der Waals surface area contributed by atoms with Crippen LogP contribution in [-0.2, 0) is 15.7 Å². The van der Waals surface area contributed by atoms with Gasteiger partial charge in [-0.15, -0.1) is 0 Å². The van der Waals surface area contributed by atoms with Crippen LogP contribution in [0.15, 0.2) is 29.8 Å². The fourth-order valence-electron chi connectivity index (χ4n) is 2.39. The van der Waals surface area contributed by atoms with Crippen LogP contribution in [0.2, 0.25) is 5.02 Å². The average Bonchev–Trinajstić information content (AvgIpc) is 2.48. The van der Waals surface area contributed by atoms with Crippen molar-refractivity contribution >= 4 is 23.2 Å². The monoisotopic (exact) mass is 362 g/mol. The molecule has 0 bridgehead atoms. The van der Waals surface area contributed by atoms with E-state index in [-0.39, 0.29) is 12.2 Å². The Hall–Kier alpha value is -1.57. The van der Waals surface area contributed by atoms with Crippen molar-refractivity contribution < 1.29 is 22.7 Å². The maximum absolute atomic E-state index is 12.8. The zero-order valence-corrected chi connectivity index (χ0v) is 13.9. The van der Waals surface area contributed by atoms with Gasteiger partial charge in [0.05, 0.1) is 30.3 Å². The van der Waals surface area contributed by atoms with E-state index in [1.807, 2.05) is 0 Å². The Morgan fingerprint density at radius 1 is 1.42 bits per heavy atom. The summed E-state index contributed by atoms with van der Waals surface area (Å²) in [6, 6.07) is 3.29. The van der Waals surface area contributed by atoms with Gasteiger partial charge in [0.1, 0.15) is 0 Å². The predicted molar refractivity (Wildman–Crippen MR) is 86.1 cm³/mol. The van der Waals surface area contributed by atoms with E-state index in [4.69, 9.17) is 16.3 Å². The van der Waals surface area contributed by atoms with Gasteiger partial charge in [0.25, 0.3) is 0 Å². The Bertz CT molecular complexity index is 632. The first-order valence-corrected chi connectivity index (χ1v) is 7.74. The summed E-state index contributed by atoms with van der Waals surface area (Å²) in [5, 5.41) is 2.06. The number of nitrogens with one attached hydrogen (secondary N) is 1. The summed E-state index contributed by atoms with van der Waals surface area (Å²) in [6.45, 7) is 1.87. The molecule has 1 amide bonds. The highest BCUT2D eigenvalue weighted by Gasteiger charge is 2.33. The zero-order chi connectivity index (χ0) is 17.7. The summed E-state index contributed by atoms with van der Waals surface area (Å²) in [6.07, 6.45) is -1.64. The number of halogens is 4. The molecule has 0 aliphatic carbocycles. The Labute approximate surface area is 143 Å². The molecule has 0 saturated carbocycles. The van der Waals surface area contributed by atoms with Crippen molar-refractivity contribution in [1.82, 2.24) is 4.90 Å². The molecule has 0 atom stereocenters. The highest BCUT2D eigenvalue weighted by Crippen LogP contribution is 2.36. The number of carbonyl (C=O) groups is 1. The fourth-order valence-corrected chi connectivity index (χ4v) is 2.61. The highest BCUT2D eigenvalue weighted by molar-refractivity contribution is 6.31. The second kappa shape index (κ2) is 8.00.